The van der Waals surface area contributed by atoms with Crippen molar-refractivity contribution >= 4 is 11.4 Å². The monoisotopic (exact) mass is 236 g/mol. The lowest BCUT2D eigenvalue weighted by Crippen LogP contribution is -2.31. The van der Waals surface area contributed by atoms with Crippen LogP contribution in [0.4, 0.5) is 11.4 Å². The number of nitrogens with one attached hydrogen (secondary N) is 1. The molecule has 0 saturated heterocycles. The van der Waals surface area contributed by atoms with Gasteiger partial charge in [0.1, 0.15) is 0 Å². The third kappa shape index (κ3) is 4.27. The molecule has 0 aliphatic rings. The van der Waals surface area contributed by atoms with E-state index in [2.05, 4.69) is 32.2 Å². The second kappa shape index (κ2) is 6.50. The van der Waals surface area contributed by atoms with Gasteiger partial charge in [-0.25, -0.2) is 0 Å². The Morgan fingerprint density at radius 1 is 1.35 bits per heavy atom. The molecule has 0 aromatic heterocycles. The van der Waals surface area contributed by atoms with E-state index in [4.69, 9.17) is 10.5 Å². The molecule has 17 heavy (non-hydrogen) atoms. The molecule has 3 nitrogen and oxygen atoms in total. The lowest BCUT2D eigenvalue weighted by Gasteiger charge is -2.24. The summed E-state index contributed by atoms with van der Waals surface area (Å²) in [5, 5.41) is 3.47. The van der Waals surface area contributed by atoms with Gasteiger partial charge in [0.2, 0.25) is 0 Å². The van der Waals surface area contributed by atoms with E-state index in [0.29, 0.717) is 18.6 Å². The highest BCUT2D eigenvalue weighted by Crippen LogP contribution is 2.22. The van der Waals surface area contributed by atoms with Crippen molar-refractivity contribution in [1.29, 1.82) is 0 Å². The molecule has 0 heterocycles. The van der Waals surface area contributed by atoms with E-state index < -0.39 is 0 Å². The first-order chi connectivity index (χ1) is 8.04. The molecule has 3 heteroatoms. The minimum atomic E-state index is 0.291. The van der Waals surface area contributed by atoms with Crippen molar-refractivity contribution in [3.8, 4) is 0 Å². The maximum atomic E-state index is 5.96. The molecule has 0 amide bonds. The number of hydrogen-bond donors (Lipinski definition) is 2. The Morgan fingerprint density at radius 3 is 2.65 bits per heavy atom. The largest absolute Gasteiger partial charge is 0.397 e. The van der Waals surface area contributed by atoms with Crippen molar-refractivity contribution in [3.63, 3.8) is 0 Å². The molecule has 0 aliphatic carbocycles. The molecule has 0 aliphatic heterocycles. The first kappa shape index (κ1) is 13.8. The van der Waals surface area contributed by atoms with E-state index in [-0.39, 0.29) is 0 Å². The summed E-state index contributed by atoms with van der Waals surface area (Å²) < 4.78 is 5.50. The highest BCUT2D eigenvalue weighted by molar-refractivity contribution is 5.67. The number of rotatable bonds is 6. The fourth-order valence-corrected chi connectivity index (χ4v) is 1.64. The van der Waals surface area contributed by atoms with E-state index in [9.17, 15) is 0 Å². The minimum absolute atomic E-state index is 0.291. The number of ether oxygens (including phenoxy) is 1. The van der Waals surface area contributed by atoms with Gasteiger partial charge in [-0.05, 0) is 37.5 Å². The molecule has 1 unspecified atom stereocenters. The Balaban J connectivity index is 2.74. The molecule has 0 saturated carbocycles. The van der Waals surface area contributed by atoms with Crippen molar-refractivity contribution in [2.45, 2.75) is 33.7 Å². The average Bonchev–Trinajstić information content (AvgIpc) is 2.28. The van der Waals surface area contributed by atoms with Gasteiger partial charge in [-0.15, -0.1) is 0 Å². The Morgan fingerprint density at radius 2 is 2.06 bits per heavy atom. The van der Waals surface area contributed by atoms with Gasteiger partial charge in [0, 0.05) is 6.61 Å². The molecular weight excluding hydrogens is 212 g/mol. The highest BCUT2D eigenvalue weighted by atomic mass is 16.5. The summed E-state index contributed by atoms with van der Waals surface area (Å²) in [5.74, 6) is 0.501. The molecule has 96 valence electrons. The van der Waals surface area contributed by atoms with Crippen LogP contribution in [0.25, 0.3) is 0 Å². The van der Waals surface area contributed by atoms with Crippen LogP contribution in [-0.4, -0.2) is 19.3 Å². The molecule has 1 rings (SSSR count). The van der Waals surface area contributed by atoms with Crippen molar-refractivity contribution in [2.75, 3.05) is 24.3 Å². The number of nitrogen functional groups attached to an aromatic ring is 1. The van der Waals surface area contributed by atoms with Crippen LogP contribution >= 0.6 is 0 Å². The lowest BCUT2D eigenvalue weighted by atomic mass is 10.0. The number of hydrogen-bond acceptors (Lipinski definition) is 3. The van der Waals surface area contributed by atoms with Crippen molar-refractivity contribution in [1.82, 2.24) is 0 Å². The molecule has 0 radical (unpaired) electrons. The van der Waals surface area contributed by atoms with Crippen LogP contribution in [-0.2, 0) is 4.74 Å². The normalized spacial score (nSPS) is 12.8. The summed E-state index contributed by atoms with van der Waals surface area (Å²) in [7, 11) is 0. The van der Waals surface area contributed by atoms with Gasteiger partial charge in [0.15, 0.2) is 0 Å². The molecule has 3 N–H and O–H groups in total. The summed E-state index contributed by atoms with van der Waals surface area (Å²) in [4.78, 5) is 0. The number of nitrogens with two attached hydrogens (primary N) is 1. The molecule has 0 fully saturated rings. The van der Waals surface area contributed by atoms with Gasteiger partial charge in [0.05, 0.1) is 24.0 Å². The predicted octanol–water partition coefficient (Wildman–Crippen LogP) is 3.05. The maximum absolute atomic E-state index is 5.96. The highest BCUT2D eigenvalue weighted by Gasteiger charge is 2.14. The Bertz CT molecular complexity index is 350. The van der Waals surface area contributed by atoms with Crippen molar-refractivity contribution < 1.29 is 4.74 Å². The maximum Gasteiger partial charge on any atom is 0.0670 e. The molecule has 1 atom stereocenters. The van der Waals surface area contributed by atoms with Crippen molar-refractivity contribution in [3.05, 3.63) is 23.8 Å². The first-order valence-corrected chi connectivity index (χ1v) is 6.25. The van der Waals surface area contributed by atoms with Crippen LogP contribution in [0.2, 0.25) is 0 Å². The van der Waals surface area contributed by atoms with Crippen LogP contribution in [0.5, 0.6) is 0 Å². The quantitative estimate of drug-likeness (QED) is 0.746. The Hall–Kier alpha value is -1.22. The van der Waals surface area contributed by atoms with E-state index in [1.807, 2.05) is 19.1 Å². The molecular formula is C14H24N2O. The summed E-state index contributed by atoms with van der Waals surface area (Å²) >= 11 is 0. The van der Waals surface area contributed by atoms with E-state index >= 15 is 0 Å². The van der Waals surface area contributed by atoms with E-state index in [1.165, 1.54) is 5.56 Å². The summed E-state index contributed by atoms with van der Waals surface area (Å²) in [6.45, 7) is 9.90. The lowest BCUT2D eigenvalue weighted by molar-refractivity contribution is 0.127. The smallest absolute Gasteiger partial charge is 0.0670 e. The van der Waals surface area contributed by atoms with Crippen LogP contribution in [0.15, 0.2) is 18.2 Å². The standard InChI is InChI=1S/C14H24N2O/c1-5-17-9-14(10(2)3)16-13-8-11(4)6-7-12(13)15/h6-8,10,14,16H,5,9,15H2,1-4H3. The van der Waals surface area contributed by atoms with Gasteiger partial charge < -0.3 is 15.8 Å². The number of benzene rings is 1. The third-order valence-corrected chi connectivity index (χ3v) is 2.86. The summed E-state index contributed by atoms with van der Waals surface area (Å²) in [5.41, 5.74) is 8.96. The first-order valence-electron chi connectivity index (χ1n) is 6.25. The van der Waals surface area contributed by atoms with E-state index in [0.717, 1.165) is 18.0 Å². The predicted molar refractivity (Wildman–Crippen MR) is 74.3 cm³/mol. The zero-order valence-electron chi connectivity index (χ0n) is 11.3. The topological polar surface area (TPSA) is 47.3 Å². The zero-order valence-corrected chi connectivity index (χ0v) is 11.3. The molecule has 0 bridgehead atoms. The summed E-state index contributed by atoms with van der Waals surface area (Å²) in [6.07, 6.45) is 0. The second-order valence-corrected chi connectivity index (χ2v) is 4.75. The molecule has 0 spiro atoms. The van der Waals surface area contributed by atoms with Gasteiger partial charge in [-0.3, -0.25) is 0 Å². The van der Waals surface area contributed by atoms with Gasteiger partial charge in [-0.2, -0.15) is 0 Å². The fraction of sp³-hybridized carbons (Fsp3) is 0.571. The fourth-order valence-electron chi connectivity index (χ4n) is 1.64. The van der Waals surface area contributed by atoms with Crippen LogP contribution < -0.4 is 11.1 Å². The minimum Gasteiger partial charge on any atom is -0.397 e. The molecule has 1 aromatic carbocycles. The van der Waals surface area contributed by atoms with Crippen LogP contribution in [0, 0.1) is 12.8 Å². The second-order valence-electron chi connectivity index (χ2n) is 4.75. The van der Waals surface area contributed by atoms with Crippen LogP contribution in [0.1, 0.15) is 26.3 Å². The van der Waals surface area contributed by atoms with Crippen LogP contribution in [0.3, 0.4) is 0 Å². The van der Waals surface area contributed by atoms with Gasteiger partial charge in [-0.1, -0.05) is 19.9 Å². The van der Waals surface area contributed by atoms with Crippen molar-refractivity contribution in [2.24, 2.45) is 5.92 Å². The number of anilines is 2. The van der Waals surface area contributed by atoms with Gasteiger partial charge in [0.25, 0.3) is 0 Å². The summed E-state index contributed by atoms with van der Waals surface area (Å²) in [6, 6.07) is 6.33. The number of aryl methyl sites for hydroxylation is 1. The SMILES string of the molecule is CCOCC(Nc1cc(C)ccc1N)C(C)C. The Kier molecular flexibility index (Phi) is 5.29. The zero-order chi connectivity index (χ0) is 12.8. The van der Waals surface area contributed by atoms with Gasteiger partial charge >= 0.3 is 0 Å². The Labute approximate surface area is 104 Å². The third-order valence-electron chi connectivity index (χ3n) is 2.86. The average molecular weight is 236 g/mol. The molecule has 1 aromatic rings. The van der Waals surface area contributed by atoms with E-state index in [1.54, 1.807) is 0 Å².